The van der Waals surface area contributed by atoms with Crippen molar-refractivity contribution in [2.45, 2.75) is 26.9 Å². The van der Waals surface area contributed by atoms with Crippen LogP contribution in [0.2, 0.25) is 0 Å². The number of thioether (sulfide) groups is 1. The number of carbonyl (C=O) groups is 3. The van der Waals surface area contributed by atoms with E-state index in [4.69, 9.17) is 0 Å². The van der Waals surface area contributed by atoms with E-state index in [0.29, 0.717) is 17.8 Å². The summed E-state index contributed by atoms with van der Waals surface area (Å²) in [5.41, 5.74) is 5.07. The largest absolute Gasteiger partial charge is 0.322 e. The summed E-state index contributed by atoms with van der Waals surface area (Å²) in [6.07, 6.45) is 0. The number of imide groups is 1. The number of nitrogens with one attached hydrogen (secondary N) is 1. The number of rotatable bonds is 6. The van der Waals surface area contributed by atoms with Crippen molar-refractivity contribution >= 4 is 34.5 Å². The lowest BCUT2D eigenvalue weighted by Crippen LogP contribution is -2.27. The average molecular weight is 435 g/mol. The molecule has 8 heteroatoms. The summed E-state index contributed by atoms with van der Waals surface area (Å²) in [5, 5.41) is 7.14. The summed E-state index contributed by atoms with van der Waals surface area (Å²) in [6.45, 7) is 4.81. The molecular formula is C23H22N4O3S. The minimum absolute atomic E-state index is 0.173. The Hall–Kier alpha value is -3.39. The Balaban J connectivity index is 1.40. The summed E-state index contributed by atoms with van der Waals surface area (Å²) >= 11 is 1.02. The van der Waals surface area contributed by atoms with Crippen LogP contribution in [0.1, 0.15) is 32.9 Å². The lowest BCUT2D eigenvalue weighted by Gasteiger charge is -2.13. The summed E-state index contributed by atoms with van der Waals surface area (Å²) in [6, 6.07) is 16.6. The molecule has 1 N–H and O–H groups in total. The Labute approximate surface area is 184 Å². The van der Waals surface area contributed by atoms with E-state index in [2.05, 4.69) is 10.4 Å². The first-order chi connectivity index (χ1) is 14.9. The molecule has 2 heterocycles. The molecule has 1 aromatic heterocycles. The molecule has 1 aliphatic heterocycles. The summed E-state index contributed by atoms with van der Waals surface area (Å²) in [4.78, 5) is 37.4. The van der Waals surface area contributed by atoms with Crippen LogP contribution in [0.3, 0.4) is 0 Å². The highest BCUT2D eigenvalue weighted by atomic mass is 32.2. The number of anilines is 1. The molecule has 1 fully saturated rings. The third-order valence-electron chi connectivity index (χ3n) is 5.02. The molecule has 0 aliphatic carbocycles. The van der Waals surface area contributed by atoms with Crippen molar-refractivity contribution in [3.63, 3.8) is 0 Å². The van der Waals surface area contributed by atoms with E-state index in [1.165, 1.54) is 4.90 Å². The Bertz CT molecular complexity index is 1140. The van der Waals surface area contributed by atoms with Crippen molar-refractivity contribution < 1.29 is 14.4 Å². The van der Waals surface area contributed by atoms with Crippen LogP contribution in [0, 0.1) is 13.8 Å². The molecule has 0 unspecified atom stereocenters. The third-order valence-corrected chi connectivity index (χ3v) is 5.88. The maximum atomic E-state index is 12.7. The van der Waals surface area contributed by atoms with E-state index in [1.54, 1.807) is 30.3 Å². The number of aromatic nitrogens is 2. The lowest BCUT2D eigenvalue weighted by molar-refractivity contribution is -0.125. The van der Waals surface area contributed by atoms with Crippen LogP contribution in [-0.4, -0.2) is 37.5 Å². The van der Waals surface area contributed by atoms with Gasteiger partial charge in [0.25, 0.3) is 11.1 Å². The first kappa shape index (κ1) is 20.9. The molecule has 7 nitrogen and oxygen atoms in total. The molecular weight excluding hydrogens is 412 g/mol. The van der Waals surface area contributed by atoms with Crippen molar-refractivity contribution in [3.05, 3.63) is 82.7 Å². The number of hydrogen-bond donors (Lipinski definition) is 1. The van der Waals surface area contributed by atoms with Crippen molar-refractivity contribution in [1.82, 2.24) is 14.7 Å². The van der Waals surface area contributed by atoms with Gasteiger partial charge in [0.15, 0.2) is 0 Å². The topological polar surface area (TPSA) is 84.3 Å². The molecule has 31 heavy (non-hydrogen) atoms. The minimum Gasteiger partial charge on any atom is -0.322 e. The van der Waals surface area contributed by atoms with E-state index in [0.717, 1.165) is 34.3 Å². The molecule has 0 bridgehead atoms. The van der Waals surface area contributed by atoms with Gasteiger partial charge in [-0.15, -0.1) is 0 Å². The van der Waals surface area contributed by atoms with Crippen LogP contribution < -0.4 is 5.32 Å². The van der Waals surface area contributed by atoms with Crippen LogP contribution in [0.25, 0.3) is 0 Å². The van der Waals surface area contributed by atoms with Gasteiger partial charge in [-0.2, -0.15) is 5.10 Å². The zero-order valence-electron chi connectivity index (χ0n) is 17.3. The van der Waals surface area contributed by atoms with E-state index < -0.39 is 0 Å². The van der Waals surface area contributed by atoms with Crippen LogP contribution in [-0.2, 0) is 17.9 Å². The summed E-state index contributed by atoms with van der Waals surface area (Å²) < 4.78 is 1.92. The number of amides is 3. The van der Waals surface area contributed by atoms with Crippen LogP contribution in [0.5, 0.6) is 0 Å². The minimum atomic E-state index is -0.220. The predicted molar refractivity (Wildman–Crippen MR) is 120 cm³/mol. The first-order valence-corrected chi connectivity index (χ1v) is 10.8. The van der Waals surface area contributed by atoms with Crippen LogP contribution >= 0.6 is 11.8 Å². The zero-order valence-corrected chi connectivity index (χ0v) is 18.1. The van der Waals surface area contributed by atoms with E-state index in [9.17, 15) is 14.4 Å². The molecule has 1 saturated heterocycles. The molecule has 158 valence electrons. The maximum Gasteiger partial charge on any atom is 0.289 e. The highest BCUT2D eigenvalue weighted by Gasteiger charge is 2.29. The fourth-order valence-corrected chi connectivity index (χ4v) is 4.16. The van der Waals surface area contributed by atoms with Gasteiger partial charge in [0, 0.05) is 16.9 Å². The third kappa shape index (κ3) is 4.86. The zero-order chi connectivity index (χ0) is 22.0. The predicted octanol–water partition coefficient (Wildman–Crippen LogP) is 4.00. The number of aryl methyl sites for hydroxylation is 2. The molecule has 0 atom stereocenters. The molecule has 4 rings (SSSR count). The molecule has 0 spiro atoms. The monoisotopic (exact) mass is 434 g/mol. The van der Waals surface area contributed by atoms with Gasteiger partial charge in [0.1, 0.15) is 0 Å². The quantitative estimate of drug-likeness (QED) is 0.634. The molecule has 3 amide bonds. The number of benzene rings is 2. The van der Waals surface area contributed by atoms with Gasteiger partial charge in [0.2, 0.25) is 5.91 Å². The molecule has 0 saturated carbocycles. The van der Waals surface area contributed by atoms with Gasteiger partial charge >= 0.3 is 0 Å². The molecule has 1 aliphatic rings. The second-order valence-corrected chi connectivity index (χ2v) is 8.40. The lowest BCUT2D eigenvalue weighted by atomic mass is 10.1. The van der Waals surface area contributed by atoms with Crippen molar-refractivity contribution in [1.29, 1.82) is 0 Å². The van der Waals surface area contributed by atoms with Gasteiger partial charge < -0.3 is 5.32 Å². The molecule has 3 aromatic rings. The van der Waals surface area contributed by atoms with Crippen molar-refractivity contribution in [3.8, 4) is 0 Å². The van der Waals surface area contributed by atoms with Crippen LogP contribution in [0.15, 0.2) is 54.6 Å². The maximum absolute atomic E-state index is 12.7. The van der Waals surface area contributed by atoms with E-state index in [1.807, 2.05) is 42.8 Å². The van der Waals surface area contributed by atoms with Gasteiger partial charge in [0.05, 0.1) is 24.5 Å². The second-order valence-electron chi connectivity index (χ2n) is 7.47. The normalized spacial score (nSPS) is 13.7. The first-order valence-electron chi connectivity index (χ1n) is 9.86. The summed E-state index contributed by atoms with van der Waals surface area (Å²) in [5.74, 6) is -0.178. The number of hydrogen-bond acceptors (Lipinski definition) is 5. The standard InChI is InChI=1S/C23H22N4O3S/c1-15-10-16(2)27(25-15)13-18-4-3-5-19(11-18)22(29)24-20-8-6-17(7-9-20)12-26-21(28)14-31-23(26)30/h3-11H,12-14H2,1-2H3,(H,24,29). The smallest absolute Gasteiger partial charge is 0.289 e. The van der Waals surface area contributed by atoms with Crippen LogP contribution in [0.4, 0.5) is 10.5 Å². The highest BCUT2D eigenvalue weighted by Crippen LogP contribution is 2.22. The Morgan fingerprint density at radius 2 is 1.81 bits per heavy atom. The van der Waals surface area contributed by atoms with Gasteiger partial charge in [-0.1, -0.05) is 36.0 Å². The van der Waals surface area contributed by atoms with Crippen molar-refractivity contribution in [2.24, 2.45) is 0 Å². The Kier molecular flexibility index (Phi) is 5.90. The van der Waals surface area contributed by atoms with Crippen molar-refractivity contribution in [2.75, 3.05) is 11.1 Å². The summed E-state index contributed by atoms with van der Waals surface area (Å²) in [7, 11) is 0. The Morgan fingerprint density at radius 3 is 2.45 bits per heavy atom. The molecule has 0 radical (unpaired) electrons. The fourth-order valence-electron chi connectivity index (χ4n) is 3.43. The van der Waals surface area contributed by atoms with E-state index in [-0.39, 0.29) is 29.4 Å². The fraction of sp³-hybridized carbons (Fsp3) is 0.217. The SMILES string of the molecule is Cc1cc(C)n(Cc2cccc(C(=O)Nc3ccc(CN4C(=O)CSC4=O)cc3)c2)n1. The van der Waals surface area contributed by atoms with Gasteiger partial charge in [-0.3, -0.25) is 24.0 Å². The van der Waals surface area contributed by atoms with Gasteiger partial charge in [-0.05, 0) is 55.3 Å². The highest BCUT2D eigenvalue weighted by molar-refractivity contribution is 8.14. The number of carbonyl (C=O) groups excluding carboxylic acids is 3. The number of nitrogens with zero attached hydrogens (tertiary/aromatic N) is 3. The van der Waals surface area contributed by atoms with E-state index >= 15 is 0 Å². The van der Waals surface area contributed by atoms with Gasteiger partial charge in [-0.25, -0.2) is 0 Å². The Morgan fingerprint density at radius 1 is 1.03 bits per heavy atom. The second kappa shape index (κ2) is 8.77. The molecule has 2 aromatic carbocycles. The average Bonchev–Trinajstić information content (AvgIpc) is 3.24.